The Kier molecular flexibility index (Phi) is 4.32. The van der Waals surface area contributed by atoms with Crippen LogP contribution in [0.3, 0.4) is 0 Å². The summed E-state index contributed by atoms with van der Waals surface area (Å²) < 4.78 is 1.90. The summed E-state index contributed by atoms with van der Waals surface area (Å²) in [6, 6.07) is 7.22. The number of aryl methyl sites for hydroxylation is 3. The van der Waals surface area contributed by atoms with Gasteiger partial charge in [-0.2, -0.15) is 5.10 Å². The maximum Gasteiger partial charge on any atom is 0.0644 e. The zero-order valence-electron chi connectivity index (χ0n) is 13.7. The van der Waals surface area contributed by atoms with Crippen molar-refractivity contribution >= 4 is 0 Å². The standard InChI is InChI=1S/C18H25N3O/c1-12-4-6-16-15(10-12)5-7-18(16)19-11-17-13(2)20-21(8-9-22)14(17)3/h4,6,10,18-19,22H,5,7-9,11H2,1-3H3. The van der Waals surface area contributed by atoms with E-state index in [-0.39, 0.29) is 6.61 Å². The Morgan fingerprint density at radius 3 is 2.91 bits per heavy atom. The highest BCUT2D eigenvalue weighted by molar-refractivity contribution is 5.37. The number of hydrogen-bond acceptors (Lipinski definition) is 3. The van der Waals surface area contributed by atoms with Gasteiger partial charge in [0, 0.05) is 23.8 Å². The minimum atomic E-state index is 0.129. The van der Waals surface area contributed by atoms with Crippen LogP contribution in [0.4, 0.5) is 0 Å². The van der Waals surface area contributed by atoms with Crippen LogP contribution in [-0.4, -0.2) is 21.5 Å². The Bertz CT molecular complexity index is 675. The van der Waals surface area contributed by atoms with Gasteiger partial charge in [-0.1, -0.05) is 23.8 Å². The maximum absolute atomic E-state index is 9.10. The van der Waals surface area contributed by atoms with Gasteiger partial charge in [0.15, 0.2) is 0 Å². The van der Waals surface area contributed by atoms with Crippen LogP contribution in [0.15, 0.2) is 18.2 Å². The molecule has 1 unspecified atom stereocenters. The number of aliphatic hydroxyl groups excluding tert-OH is 1. The topological polar surface area (TPSA) is 50.1 Å². The van der Waals surface area contributed by atoms with Gasteiger partial charge in [0.05, 0.1) is 18.8 Å². The van der Waals surface area contributed by atoms with E-state index in [2.05, 4.69) is 42.5 Å². The number of nitrogens with one attached hydrogen (secondary N) is 1. The predicted octanol–water partition coefficient (Wildman–Crippen LogP) is 2.58. The van der Waals surface area contributed by atoms with E-state index >= 15 is 0 Å². The van der Waals surface area contributed by atoms with E-state index in [4.69, 9.17) is 5.11 Å². The van der Waals surface area contributed by atoms with Gasteiger partial charge in [-0.25, -0.2) is 0 Å². The summed E-state index contributed by atoms with van der Waals surface area (Å²) in [6.07, 6.45) is 2.33. The predicted molar refractivity (Wildman–Crippen MR) is 87.9 cm³/mol. The molecule has 0 spiro atoms. The van der Waals surface area contributed by atoms with Gasteiger partial charge in [-0.05, 0) is 44.7 Å². The number of nitrogens with zero attached hydrogens (tertiary/aromatic N) is 2. The summed E-state index contributed by atoms with van der Waals surface area (Å²) in [6.45, 7) is 7.81. The third-order valence-corrected chi connectivity index (χ3v) is 4.74. The van der Waals surface area contributed by atoms with Gasteiger partial charge in [0.2, 0.25) is 0 Å². The molecule has 22 heavy (non-hydrogen) atoms. The largest absolute Gasteiger partial charge is 0.394 e. The van der Waals surface area contributed by atoms with E-state index < -0.39 is 0 Å². The Morgan fingerprint density at radius 2 is 2.14 bits per heavy atom. The van der Waals surface area contributed by atoms with E-state index in [9.17, 15) is 0 Å². The summed E-state index contributed by atoms with van der Waals surface area (Å²) in [5.41, 5.74) is 7.75. The molecule has 4 heteroatoms. The molecule has 4 nitrogen and oxygen atoms in total. The molecular weight excluding hydrogens is 274 g/mol. The van der Waals surface area contributed by atoms with Crippen molar-refractivity contribution < 1.29 is 5.11 Å². The number of rotatable bonds is 5. The highest BCUT2D eigenvalue weighted by Crippen LogP contribution is 2.32. The van der Waals surface area contributed by atoms with Gasteiger partial charge >= 0.3 is 0 Å². The molecule has 0 saturated heterocycles. The van der Waals surface area contributed by atoms with Crippen molar-refractivity contribution in [3.05, 3.63) is 51.8 Å². The molecule has 0 amide bonds. The van der Waals surface area contributed by atoms with Gasteiger partial charge in [-0.3, -0.25) is 4.68 Å². The number of benzene rings is 1. The van der Waals surface area contributed by atoms with Crippen molar-refractivity contribution in [2.45, 2.75) is 52.7 Å². The Labute approximate surface area is 132 Å². The first-order valence-corrected chi connectivity index (χ1v) is 8.06. The fourth-order valence-corrected chi connectivity index (χ4v) is 3.49. The molecule has 0 fully saturated rings. The Hall–Kier alpha value is -1.65. The average Bonchev–Trinajstić information content (AvgIpc) is 2.99. The molecule has 0 bridgehead atoms. The Balaban J connectivity index is 1.72. The number of hydrogen-bond donors (Lipinski definition) is 2. The molecule has 1 aliphatic rings. The minimum absolute atomic E-state index is 0.129. The van der Waals surface area contributed by atoms with Crippen molar-refractivity contribution in [3.8, 4) is 0 Å². The third-order valence-electron chi connectivity index (χ3n) is 4.74. The van der Waals surface area contributed by atoms with E-state index in [1.165, 1.54) is 28.7 Å². The lowest BCUT2D eigenvalue weighted by atomic mass is 10.1. The third kappa shape index (κ3) is 2.81. The zero-order chi connectivity index (χ0) is 15.7. The SMILES string of the molecule is Cc1ccc2c(c1)CCC2NCc1c(C)nn(CCO)c1C. The molecule has 2 N–H and O–H groups in total. The Morgan fingerprint density at radius 1 is 1.32 bits per heavy atom. The van der Waals surface area contributed by atoms with E-state index in [0.717, 1.165) is 24.4 Å². The van der Waals surface area contributed by atoms with E-state index in [1.807, 2.05) is 11.6 Å². The van der Waals surface area contributed by atoms with Crippen LogP contribution in [0.2, 0.25) is 0 Å². The minimum Gasteiger partial charge on any atom is -0.394 e. The monoisotopic (exact) mass is 299 g/mol. The molecule has 0 saturated carbocycles. The van der Waals surface area contributed by atoms with Gasteiger partial charge in [-0.15, -0.1) is 0 Å². The van der Waals surface area contributed by atoms with Gasteiger partial charge in [0.1, 0.15) is 0 Å². The van der Waals surface area contributed by atoms with E-state index in [1.54, 1.807) is 0 Å². The number of fused-ring (bicyclic) bond motifs is 1. The fraction of sp³-hybridized carbons (Fsp3) is 0.500. The summed E-state index contributed by atoms with van der Waals surface area (Å²) in [5.74, 6) is 0. The van der Waals surface area contributed by atoms with Gasteiger partial charge in [0.25, 0.3) is 0 Å². The lowest BCUT2D eigenvalue weighted by Gasteiger charge is -2.14. The zero-order valence-corrected chi connectivity index (χ0v) is 13.7. The van der Waals surface area contributed by atoms with Crippen molar-refractivity contribution in [3.63, 3.8) is 0 Å². The molecule has 1 heterocycles. The highest BCUT2D eigenvalue weighted by Gasteiger charge is 2.22. The molecule has 1 atom stereocenters. The molecule has 1 aromatic heterocycles. The van der Waals surface area contributed by atoms with Crippen LogP contribution in [0.5, 0.6) is 0 Å². The first kappa shape index (κ1) is 15.3. The van der Waals surface area contributed by atoms with Crippen LogP contribution in [-0.2, 0) is 19.5 Å². The van der Waals surface area contributed by atoms with Crippen LogP contribution in [0, 0.1) is 20.8 Å². The van der Waals surface area contributed by atoms with Crippen molar-refractivity contribution in [2.75, 3.05) is 6.61 Å². The smallest absolute Gasteiger partial charge is 0.0644 e. The second-order valence-corrected chi connectivity index (χ2v) is 6.27. The number of aromatic nitrogens is 2. The van der Waals surface area contributed by atoms with Crippen molar-refractivity contribution in [1.82, 2.24) is 15.1 Å². The quantitative estimate of drug-likeness (QED) is 0.892. The summed E-state index contributed by atoms with van der Waals surface area (Å²) in [7, 11) is 0. The molecule has 0 radical (unpaired) electrons. The maximum atomic E-state index is 9.10. The van der Waals surface area contributed by atoms with Crippen LogP contribution in [0.25, 0.3) is 0 Å². The fourth-order valence-electron chi connectivity index (χ4n) is 3.49. The normalized spacial score (nSPS) is 17.0. The molecule has 1 aromatic carbocycles. The van der Waals surface area contributed by atoms with Crippen molar-refractivity contribution in [2.24, 2.45) is 0 Å². The van der Waals surface area contributed by atoms with Crippen molar-refractivity contribution in [1.29, 1.82) is 0 Å². The number of aliphatic hydroxyl groups is 1. The van der Waals surface area contributed by atoms with Crippen LogP contribution >= 0.6 is 0 Å². The molecule has 1 aliphatic carbocycles. The summed E-state index contributed by atoms with van der Waals surface area (Å²) in [4.78, 5) is 0. The molecule has 2 aromatic rings. The average molecular weight is 299 g/mol. The summed E-state index contributed by atoms with van der Waals surface area (Å²) >= 11 is 0. The first-order chi connectivity index (χ1) is 10.6. The summed E-state index contributed by atoms with van der Waals surface area (Å²) in [5, 5.41) is 17.3. The van der Waals surface area contributed by atoms with Crippen LogP contribution < -0.4 is 5.32 Å². The van der Waals surface area contributed by atoms with Gasteiger partial charge < -0.3 is 10.4 Å². The second-order valence-electron chi connectivity index (χ2n) is 6.27. The van der Waals surface area contributed by atoms with Crippen LogP contribution in [0.1, 0.15) is 46.1 Å². The second kappa shape index (κ2) is 6.23. The first-order valence-electron chi connectivity index (χ1n) is 8.06. The molecule has 3 rings (SSSR count). The van der Waals surface area contributed by atoms with E-state index in [0.29, 0.717) is 12.6 Å². The lowest BCUT2D eigenvalue weighted by molar-refractivity contribution is 0.267. The highest BCUT2D eigenvalue weighted by atomic mass is 16.3. The molecular formula is C18H25N3O. The lowest BCUT2D eigenvalue weighted by Crippen LogP contribution is -2.19. The molecule has 0 aliphatic heterocycles. The molecule has 118 valence electrons.